The number of halogens is 2. The molecular weight excluding hydrogens is 389 g/mol. The summed E-state index contributed by atoms with van der Waals surface area (Å²) in [6, 6.07) is 4.90. The number of imide groups is 1. The van der Waals surface area contributed by atoms with Crippen LogP contribution in [0.5, 0.6) is 0 Å². The molecule has 0 unspecified atom stereocenters. The minimum Gasteiger partial charge on any atom is -0.356 e. The van der Waals surface area contributed by atoms with Crippen molar-refractivity contribution in [3.63, 3.8) is 0 Å². The predicted octanol–water partition coefficient (Wildman–Crippen LogP) is 3.30. The molecule has 1 saturated heterocycles. The Morgan fingerprint density at radius 3 is 2.67 bits per heavy atom. The average molecular weight is 412 g/mol. The van der Waals surface area contributed by atoms with Crippen molar-refractivity contribution in [2.75, 3.05) is 13.1 Å². The maximum Gasteiger partial charge on any atom is 0.325 e. The van der Waals surface area contributed by atoms with Gasteiger partial charge in [-0.25, -0.2) is 4.79 Å². The van der Waals surface area contributed by atoms with E-state index in [2.05, 4.69) is 10.6 Å². The summed E-state index contributed by atoms with van der Waals surface area (Å²) < 4.78 is 0. The number of hydrogen-bond acceptors (Lipinski definition) is 3. The summed E-state index contributed by atoms with van der Waals surface area (Å²) in [5.41, 5.74) is 0.204. The molecule has 8 heteroatoms. The average Bonchev–Trinajstić information content (AvgIpc) is 3.18. The number of aryl methyl sites for hydroxylation is 1. The van der Waals surface area contributed by atoms with Crippen LogP contribution >= 0.6 is 23.2 Å². The van der Waals surface area contributed by atoms with Gasteiger partial charge in [0.05, 0.1) is 0 Å². The van der Waals surface area contributed by atoms with E-state index in [1.165, 1.54) is 4.90 Å². The molecule has 146 valence electrons. The fraction of sp³-hybridized carbons (Fsp3) is 0.526. The molecule has 1 aliphatic heterocycles. The quantitative estimate of drug-likeness (QED) is 0.533. The molecule has 1 aromatic rings. The number of nitrogens with one attached hydrogen (secondary N) is 2. The van der Waals surface area contributed by atoms with Crippen LogP contribution in [0.15, 0.2) is 18.2 Å². The SMILES string of the molecule is O=C(CCc1ccc(Cl)cc1Cl)NCCCN1C(=O)NC2(CCCC2)C1=O. The van der Waals surface area contributed by atoms with Crippen LogP contribution in [-0.2, 0) is 16.0 Å². The fourth-order valence-electron chi connectivity index (χ4n) is 3.72. The molecule has 0 radical (unpaired) electrons. The second-order valence-electron chi connectivity index (χ2n) is 7.12. The number of rotatable bonds is 7. The van der Waals surface area contributed by atoms with Crippen LogP contribution in [0.25, 0.3) is 0 Å². The summed E-state index contributed by atoms with van der Waals surface area (Å²) in [5.74, 6) is -0.209. The molecule has 0 bridgehead atoms. The highest BCUT2D eigenvalue weighted by atomic mass is 35.5. The van der Waals surface area contributed by atoms with Gasteiger partial charge in [0.15, 0.2) is 0 Å². The van der Waals surface area contributed by atoms with E-state index < -0.39 is 5.54 Å². The van der Waals surface area contributed by atoms with Crippen molar-refractivity contribution < 1.29 is 14.4 Å². The smallest absolute Gasteiger partial charge is 0.325 e. The zero-order chi connectivity index (χ0) is 19.4. The first kappa shape index (κ1) is 20.0. The molecule has 1 aliphatic carbocycles. The van der Waals surface area contributed by atoms with Crippen LogP contribution in [0.1, 0.15) is 44.1 Å². The highest BCUT2D eigenvalue weighted by Crippen LogP contribution is 2.35. The third kappa shape index (κ3) is 4.55. The van der Waals surface area contributed by atoms with Crippen molar-refractivity contribution in [2.45, 2.75) is 50.5 Å². The van der Waals surface area contributed by atoms with Crippen molar-refractivity contribution in [3.05, 3.63) is 33.8 Å². The summed E-state index contributed by atoms with van der Waals surface area (Å²) >= 11 is 12.0. The van der Waals surface area contributed by atoms with Crippen LogP contribution < -0.4 is 10.6 Å². The maximum absolute atomic E-state index is 12.5. The first-order valence-electron chi connectivity index (χ1n) is 9.26. The van der Waals surface area contributed by atoms with Crippen LogP contribution in [0.4, 0.5) is 4.79 Å². The Kier molecular flexibility index (Phi) is 6.27. The molecule has 2 fully saturated rings. The number of nitrogens with zero attached hydrogens (tertiary/aromatic N) is 1. The van der Waals surface area contributed by atoms with Gasteiger partial charge in [0.1, 0.15) is 5.54 Å². The van der Waals surface area contributed by atoms with Crippen molar-refractivity contribution >= 4 is 41.0 Å². The topological polar surface area (TPSA) is 78.5 Å². The lowest BCUT2D eigenvalue weighted by Crippen LogP contribution is -2.44. The van der Waals surface area contributed by atoms with Gasteiger partial charge >= 0.3 is 6.03 Å². The third-order valence-corrected chi connectivity index (χ3v) is 5.81. The highest BCUT2D eigenvalue weighted by molar-refractivity contribution is 6.35. The molecule has 1 aromatic carbocycles. The van der Waals surface area contributed by atoms with E-state index in [-0.39, 0.29) is 17.8 Å². The van der Waals surface area contributed by atoms with E-state index in [0.717, 1.165) is 31.2 Å². The molecule has 1 saturated carbocycles. The normalized spacial score (nSPS) is 18.2. The second-order valence-corrected chi connectivity index (χ2v) is 7.96. The van der Waals surface area contributed by atoms with E-state index in [1.807, 2.05) is 6.07 Å². The van der Waals surface area contributed by atoms with E-state index in [0.29, 0.717) is 42.4 Å². The van der Waals surface area contributed by atoms with Crippen LogP contribution in [0.3, 0.4) is 0 Å². The van der Waals surface area contributed by atoms with Crippen molar-refractivity contribution in [3.8, 4) is 0 Å². The molecule has 0 atom stereocenters. The van der Waals surface area contributed by atoms with Crippen molar-refractivity contribution in [1.82, 2.24) is 15.5 Å². The van der Waals surface area contributed by atoms with E-state index in [4.69, 9.17) is 23.2 Å². The minimum absolute atomic E-state index is 0.0921. The van der Waals surface area contributed by atoms with Gasteiger partial charge in [-0.2, -0.15) is 0 Å². The van der Waals surface area contributed by atoms with Gasteiger partial charge in [-0.05, 0) is 43.4 Å². The van der Waals surface area contributed by atoms with Gasteiger partial charge in [-0.15, -0.1) is 0 Å². The monoisotopic (exact) mass is 411 g/mol. The van der Waals surface area contributed by atoms with Crippen molar-refractivity contribution in [1.29, 1.82) is 0 Å². The van der Waals surface area contributed by atoms with Crippen molar-refractivity contribution in [2.24, 2.45) is 0 Å². The minimum atomic E-state index is -0.668. The van der Waals surface area contributed by atoms with Gasteiger partial charge in [0.2, 0.25) is 5.91 Å². The molecule has 0 aromatic heterocycles. The first-order valence-corrected chi connectivity index (χ1v) is 10.0. The Labute approximate surface area is 168 Å². The largest absolute Gasteiger partial charge is 0.356 e. The number of hydrogen-bond donors (Lipinski definition) is 2. The Bertz CT molecular complexity index is 748. The lowest BCUT2D eigenvalue weighted by molar-refractivity contribution is -0.131. The number of carbonyl (C=O) groups is 3. The molecule has 3 rings (SSSR count). The summed E-state index contributed by atoms with van der Waals surface area (Å²) in [6.45, 7) is 0.729. The zero-order valence-electron chi connectivity index (χ0n) is 15.0. The Balaban J connectivity index is 1.38. The number of carbonyl (C=O) groups excluding carboxylic acids is 3. The predicted molar refractivity (Wildman–Crippen MR) is 104 cm³/mol. The zero-order valence-corrected chi connectivity index (χ0v) is 16.5. The molecular formula is C19H23Cl2N3O3. The van der Waals surface area contributed by atoms with Gasteiger partial charge in [0, 0.05) is 29.6 Å². The van der Waals surface area contributed by atoms with Gasteiger partial charge < -0.3 is 10.6 Å². The number of urea groups is 1. The summed E-state index contributed by atoms with van der Waals surface area (Å²) in [7, 11) is 0. The second kappa shape index (κ2) is 8.48. The first-order chi connectivity index (χ1) is 12.9. The molecule has 4 amide bonds. The maximum atomic E-state index is 12.5. The molecule has 1 spiro atoms. The Morgan fingerprint density at radius 1 is 1.22 bits per heavy atom. The van der Waals surface area contributed by atoms with Gasteiger partial charge in [-0.1, -0.05) is 42.1 Å². The molecule has 27 heavy (non-hydrogen) atoms. The summed E-state index contributed by atoms with van der Waals surface area (Å²) in [6.07, 6.45) is 4.74. The molecule has 6 nitrogen and oxygen atoms in total. The lowest BCUT2D eigenvalue weighted by atomic mass is 9.98. The molecule has 2 aliphatic rings. The van der Waals surface area contributed by atoms with E-state index in [1.54, 1.807) is 12.1 Å². The standard InChI is InChI=1S/C19H23Cl2N3O3/c20-14-6-4-13(15(21)12-14)5-7-16(25)22-10-3-11-24-17(26)19(23-18(24)27)8-1-2-9-19/h4,6,12H,1-3,5,7-11H2,(H,22,25)(H,23,27). The van der Waals surface area contributed by atoms with E-state index in [9.17, 15) is 14.4 Å². The Morgan fingerprint density at radius 2 is 1.96 bits per heavy atom. The number of benzene rings is 1. The van der Waals surface area contributed by atoms with Crippen LogP contribution in [0.2, 0.25) is 10.0 Å². The molecule has 2 N–H and O–H groups in total. The molecule has 1 heterocycles. The Hall–Kier alpha value is -1.79. The van der Waals surface area contributed by atoms with Crippen LogP contribution in [-0.4, -0.2) is 41.4 Å². The van der Waals surface area contributed by atoms with E-state index >= 15 is 0 Å². The van der Waals surface area contributed by atoms with Gasteiger partial charge in [0.25, 0.3) is 5.91 Å². The summed E-state index contributed by atoms with van der Waals surface area (Å²) in [5, 5.41) is 6.79. The van der Waals surface area contributed by atoms with Gasteiger partial charge in [-0.3, -0.25) is 14.5 Å². The lowest BCUT2D eigenvalue weighted by Gasteiger charge is -2.20. The number of amides is 4. The highest BCUT2D eigenvalue weighted by Gasteiger charge is 2.51. The van der Waals surface area contributed by atoms with Crippen LogP contribution in [0, 0.1) is 0 Å². The summed E-state index contributed by atoms with van der Waals surface area (Å²) in [4.78, 5) is 37.9. The third-order valence-electron chi connectivity index (χ3n) is 5.22. The fourth-order valence-corrected chi connectivity index (χ4v) is 4.23.